The molecular weight excluding hydrogens is 478 g/mol. The van der Waals surface area contributed by atoms with E-state index < -0.39 is 10.0 Å². The van der Waals surface area contributed by atoms with Crippen molar-refractivity contribution >= 4 is 37.4 Å². The Morgan fingerprint density at radius 3 is 2.61 bits per heavy atom. The van der Waals surface area contributed by atoms with E-state index in [-0.39, 0.29) is 11.4 Å². The molecule has 0 amide bonds. The Morgan fingerprint density at radius 2 is 1.84 bits per heavy atom. The summed E-state index contributed by atoms with van der Waals surface area (Å²) in [6.07, 6.45) is 1.69. The van der Waals surface area contributed by atoms with Crippen LogP contribution in [0.2, 0.25) is 0 Å². The fourth-order valence-electron chi connectivity index (χ4n) is 3.30. The number of fused-ring (bicyclic) bond motifs is 1. The van der Waals surface area contributed by atoms with Gasteiger partial charge < -0.3 is 5.32 Å². The van der Waals surface area contributed by atoms with Crippen molar-refractivity contribution in [2.75, 3.05) is 18.4 Å². The summed E-state index contributed by atoms with van der Waals surface area (Å²) in [5, 5.41) is 7.65. The summed E-state index contributed by atoms with van der Waals surface area (Å²) in [7, 11) is -3.56. The van der Waals surface area contributed by atoms with Crippen molar-refractivity contribution in [3.05, 3.63) is 76.4 Å². The third-order valence-electron chi connectivity index (χ3n) is 4.87. The van der Waals surface area contributed by atoms with Crippen molar-refractivity contribution in [1.29, 1.82) is 0 Å². The van der Waals surface area contributed by atoms with Crippen molar-refractivity contribution in [1.82, 2.24) is 19.3 Å². The largest absolute Gasteiger partial charge is 0.369 e. The van der Waals surface area contributed by atoms with Crippen LogP contribution in [0, 0.1) is 13.8 Å². The molecule has 0 aliphatic carbocycles. The molecule has 0 spiro atoms. The molecular formula is C22H22BrN5O2S. The number of nitrogens with one attached hydrogen (secondary N) is 2. The quantitative estimate of drug-likeness (QED) is 0.372. The number of sulfonamides is 1. The molecule has 4 aromatic rings. The summed E-state index contributed by atoms with van der Waals surface area (Å²) in [5.74, 6) is 0.726. The van der Waals surface area contributed by atoms with Crippen LogP contribution in [0.25, 0.3) is 16.9 Å². The Hall–Kier alpha value is -2.75. The zero-order valence-corrected chi connectivity index (χ0v) is 19.5. The molecule has 2 aromatic heterocycles. The molecule has 160 valence electrons. The van der Waals surface area contributed by atoms with Gasteiger partial charge >= 0.3 is 0 Å². The van der Waals surface area contributed by atoms with Crippen LogP contribution in [0.15, 0.2) is 70.2 Å². The number of benzene rings is 2. The number of hydrogen-bond acceptors (Lipinski definition) is 5. The lowest BCUT2D eigenvalue weighted by molar-refractivity contribution is 0.582. The van der Waals surface area contributed by atoms with Gasteiger partial charge in [0, 0.05) is 24.7 Å². The second-order valence-corrected chi connectivity index (χ2v) is 9.83. The summed E-state index contributed by atoms with van der Waals surface area (Å²) < 4.78 is 30.1. The number of nitrogens with zero attached hydrogens (tertiary/aromatic N) is 3. The van der Waals surface area contributed by atoms with Crippen molar-refractivity contribution in [3.8, 4) is 11.3 Å². The second-order valence-electron chi connectivity index (χ2n) is 7.21. The molecule has 0 fully saturated rings. The van der Waals surface area contributed by atoms with E-state index in [0.29, 0.717) is 12.2 Å². The first-order chi connectivity index (χ1) is 14.8. The highest BCUT2D eigenvalue weighted by Crippen LogP contribution is 2.27. The fourth-order valence-corrected chi connectivity index (χ4v) is 4.79. The summed E-state index contributed by atoms with van der Waals surface area (Å²) in [6.45, 7) is 4.51. The summed E-state index contributed by atoms with van der Waals surface area (Å²) in [6, 6.07) is 16.8. The van der Waals surface area contributed by atoms with E-state index in [1.807, 2.05) is 50.2 Å². The Labute approximate surface area is 189 Å². The van der Waals surface area contributed by atoms with Gasteiger partial charge in [0.05, 0.1) is 21.3 Å². The van der Waals surface area contributed by atoms with Crippen LogP contribution in [-0.2, 0) is 10.0 Å². The second kappa shape index (κ2) is 8.78. The minimum atomic E-state index is -3.56. The molecule has 0 aliphatic rings. The highest BCUT2D eigenvalue weighted by molar-refractivity contribution is 9.10. The molecule has 0 radical (unpaired) electrons. The van der Waals surface area contributed by atoms with Crippen LogP contribution in [0.4, 0.5) is 5.82 Å². The molecule has 9 heteroatoms. The Kier molecular flexibility index (Phi) is 6.08. The maximum Gasteiger partial charge on any atom is 0.240 e. The zero-order valence-electron chi connectivity index (χ0n) is 17.1. The number of hydrogen-bond donors (Lipinski definition) is 2. The number of anilines is 1. The van der Waals surface area contributed by atoms with E-state index in [4.69, 9.17) is 4.98 Å². The molecule has 7 nitrogen and oxygen atoms in total. The van der Waals surface area contributed by atoms with Crippen LogP contribution >= 0.6 is 15.9 Å². The van der Waals surface area contributed by atoms with Crippen LogP contribution in [-0.4, -0.2) is 36.1 Å². The van der Waals surface area contributed by atoms with Crippen molar-refractivity contribution < 1.29 is 8.42 Å². The first kappa shape index (κ1) is 21.5. The van der Waals surface area contributed by atoms with Crippen LogP contribution in [0.1, 0.15) is 11.1 Å². The molecule has 2 aromatic carbocycles. The molecule has 2 heterocycles. The fraction of sp³-hybridized carbons (Fsp3) is 0.182. The van der Waals surface area contributed by atoms with Crippen LogP contribution in [0.3, 0.4) is 0 Å². The van der Waals surface area contributed by atoms with Crippen LogP contribution in [0.5, 0.6) is 0 Å². The van der Waals surface area contributed by atoms with E-state index in [2.05, 4.69) is 31.1 Å². The number of halogens is 1. The maximum atomic E-state index is 12.5. The Balaban J connectivity index is 1.54. The molecule has 0 saturated carbocycles. The van der Waals surface area contributed by atoms with E-state index in [9.17, 15) is 8.42 Å². The van der Waals surface area contributed by atoms with Crippen molar-refractivity contribution in [3.63, 3.8) is 0 Å². The predicted molar refractivity (Wildman–Crippen MR) is 126 cm³/mol. The lowest BCUT2D eigenvalue weighted by atomic mass is 10.1. The van der Waals surface area contributed by atoms with Gasteiger partial charge in [0.2, 0.25) is 10.0 Å². The highest BCUT2D eigenvalue weighted by Gasteiger charge is 2.15. The third kappa shape index (κ3) is 4.63. The Bertz CT molecular complexity index is 1350. The monoisotopic (exact) mass is 499 g/mol. The molecule has 0 atom stereocenters. The number of rotatable bonds is 7. The average Bonchev–Trinajstić information content (AvgIpc) is 3.12. The SMILES string of the molecule is Cc1cccc(S(=O)(=O)NCCNc2cc(-c3ccccc3C)nc3c(Br)cnn23)c1. The standard InChI is InChI=1S/C22H22BrN5O2S/c1-15-6-5-8-17(12-15)31(29,30)26-11-10-24-21-13-20(18-9-4-3-7-16(18)2)27-22-19(23)14-25-28(21)22/h3-9,12-14,24,26H,10-11H2,1-2H3. The first-order valence-electron chi connectivity index (χ1n) is 9.76. The molecule has 0 unspecified atom stereocenters. The van der Waals surface area contributed by atoms with Gasteiger partial charge in [-0.05, 0) is 53.0 Å². The molecule has 4 rings (SSSR count). The molecule has 31 heavy (non-hydrogen) atoms. The Morgan fingerprint density at radius 1 is 1.03 bits per heavy atom. The minimum absolute atomic E-state index is 0.224. The molecule has 2 N–H and O–H groups in total. The van der Waals surface area contributed by atoms with E-state index in [1.165, 1.54) is 0 Å². The number of aromatic nitrogens is 3. The highest BCUT2D eigenvalue weighted by atomic mass is 79.9. The lowest BCUT2D eigenvalue weighted by Crippen LogP contribution is -2.29. The lowest BCUT2D eigenvalue weighted by Gasteiger charge is -2.13. The average molecular weight is 500 g/mol. The summed E-state index contributed by atoms with van der Waals surface area (Å²) in [4.78, 5) is 5.00. The smallest absolute Gasteiger partial charge is 0.240 e. The van der Waals surface area contributed by atoms with Gasteiger partial charge in [0.25, 0.3) is 0 Å². The molecule has 0 saturated heterocycles. The van der Waals surface area contributed by atoms with Gasteiger partial charge in [-0.3, -0.25) is 0 Å². The van der Waals surface area contributed by atoms with Crippen molar-refractivity contribution in [2.24, 2.45) is 0 Å². The van der Waals surface area contributed by atoms with E-state index in [1.54, 1.807) is 28.9 Å². The topological polar surface area (TPSA) is 88.4 Å². The molecule has 0 bridgehead atoms. The van der Waals surface area contributed by atoms with Gasteiger partial charge in [-0.25, -0.2) is 18.1 Å². The van der Waals surface area contributed by atoms with Gasteiger partial charge in [-0.15, -0.1) is 0 Å². The number of aryl methyl sites for hydroxylation is 2. The van der Waals surface area contributed by atoms with E-state index >= 15 is 0 Å². The normalized spacial score (nSPS) is 11.7. The summed E-state index contributed by atoms with van der Waals surface area (Å²) in [5.41, 5.74) is 4.54. The zero-order chi connectivity index (χ0) is 22.0. The maximum absolute atomic E-state index is 12.5. The van der Waals surface area contributed by atoms with Gasteiger partial charge in [-0.1, -0.05) is 36.4 Å². The van der Waals surface area contributed by atoms with Gasteiger partial charge in [0.15, 0.2) is 5.65 Å². The predicted octanol–water partition coefficient (Wildman–Crippen LogP) is 4.17. The first-order valence-corrected chi connectivity index (χ1v) is 12.0. The van der Waals surface area contributed by atoms with Gasteiger partial charge in [0.1, 0.15) is 5.82 Å². The third-order valence-corrected chi connectivity index (χ3v) is 6.89. The molecule has 0 aliphatic heterocycles. The summed E-state index contributed by atoms with van der Waals surface area (Å²) >= 11 is 3.50. The van der Waals surface area contributed by atoms with Crippen molar-refractivity contribution in [2.45, 2.75) is 18.7 Å². The van der Waals surface area contributed by atoms with Crippen LogP contribution < -0.4 is 10.0 Å². The van der Waals surface area contributed by atoms with Gasteiger partial charge in [-0.2, -0.15) is 9.61 Å². The van der Waals surface area contributed by atoms with E-state index in [0.717, 1.165) is 32.7 Å². The minimum Gasteiger partial charge on any atom is -0.369 e.